The fraction of sp³-hybridized carbons (Fsp3) is 0.619. The highest BCUT2D eigenvalue weighted by atomic mass is 19.1. The van der Waals surface area contributed by atoms with Gasteiger partial charge in [0.15, 0.2) is 5.96 Å². The van der Waals surface area contributed by atoms with Crippen LogP contribution >= 0.6 is 0 Å². The van der Waals surface area contributed by atoms with Crippen molar-refractivity contribution in [2.45, 2.75) is 39.3 Å². The number of amides is 1. The van der Waals surface area contributed by atoms with Gasteiger partial charge in [-0.05, 0) is 43.9 Å². The summed E-state index contributed by atoms with van der Waals surface area (Å²) in [4.78, 5) is 23.5. The number of hydrogen-bond donors (Lipinski definition) is 1. The molecule has 0 spiro atoms. The predicted molar refractivity (Wildman–Crippen MR) is 110 cm³/mol. The molecule has 2 heterocycles. The van der Waals surface area contributed by atoms with Crippen molar-refractivity contribution in [2.24, 2.45) is 4.99 Å². The van der Waals surface area contributed by atoms with Gasteiger partial charge in [-0.2, -0.15) is 0 Å². The van der Waals surface area contributed by atoms with Gasteiger partial charge in [0, 0.05) is 52.9 Å². The fourth-order valence-electron chi connectivity index (χ4n) is 4.01. The third-order valence-corrected chi connectivity index (χ3v) is 5.82. The Morgan fingerprint density at radius 3 is 2.43 bits per heavy atom. The lowest BCUT2D eigenvalue weighted by molar-refractivity contribution is -0.135. The van der Waals surface area contributed by atoms with Crippen LogP contribution < -0.4 is 5.32 Å². The van der Waals surface area contributed by atoms with E-state index < -0.39 is 0 Å². The van der Waals surface area contributed by atoms with Crippen LogP contribution in [0.3, 0.4) is 0 Å². The number of aliphatic imine (C=N–C) groups is 1. The van der Waals surface area contributed by atoms with Crippen LogP contribution in [0.5, 0.6) is 0 Å². The van der Waals surface area contributed by atoms with Crippen molar-refractivity contribution in [1.29, 1.82) is 0 Å². The van der Waals surface area contributed by atoms with E-state index in [-0.39, 0.29) is 17.8 Å². The van der Waals surface area contributed by atoms with Crippen LogP contribution in [0.25, 0.3) is 0 Å². The first kappa shape index (κ1) is 20.6. The van der Waals surface area contributed by atoms with E-state index >= 15 is 0 Å². The molecule has 1 amide bonds. The van der Waals surface area contributed by atoms with Crippen LogP contribution in [0.1, 0.15) is 30.9 Å². The van der Waals surface area contributed by atoms with Crippen LogP contribution in [0.15, 0.2) is 23.2 Å². The Morgan fingerprint density at radius 1 is 1.14 bits per heavy atom. The Hall–Kier alpha value is -2.15. The normalized spacial score (nSPS) is 19.8. The predicted octanol–water partition coefficient (Wildman–Crippen LogP) is 1.84. The molecular formula is C21H32FN5O. The van der Waals surface area contributed by atoms with Crippen molar-refractivity contribution in [2.75, 3.05) is 46.3 Å². The average Bonchev–Trinajstić information content (AvgIpc) is 3.25. The minimum Gasteiger partial charge on any atom is -0.352 e. The second-order valence-electron chi connectivity index (χ2n) is 7.72. The minimum atomic E-state index is -0.179. The molecule has 2 aliphatic rings. The Balaban J connectivity index is 1.49. The molecule has 0 aliphatic carbocycles. The number of benzene rings is 1. The molecule has 1 N–H and O–H groups in total. The average molecular weight is 390 g/mol. The van der Waals surface area contributed by atoms with Gasteiger partial charge >= 0.3 is 0 Å². The van der Waals surface area contributed by atoms with Gasteiger partial charge in [0.25, 0.3) is 0 Å². The van der Waals surface area contributed by atoms with Crippen LogP contribution in [-0.2, 0) is 11.3 Å². The van der Waals surface area contributed by atoms with Crippen molar-refractivity contribution in [3.8, 4) is 0 Å². The molecule has 1 aromatic rings. The molecule has 1 unspecified atom stereocenters. The number of carbonyl (C=O) groups excluding carboxylic acids is 1. The molecule has 7 heteroatoms. The maximum atomic E-state index is 13.4. The zero-order valence-electron chi connectivity index (χ0n) is 17.2. The van der Waals surface area contributed by atoms with Crippen LogP contribution in [0.2, 0.25) is 0 Å². The first-order valence-electron chi connectivity index (χ1n) is 10.2. The summed E-state index contributed by atoms with van der Waals surface area (Å²) in [6.07, 6.45) is 2.25. The van der Waals surface area contributed by atoms with E-state index in [1.807, 2.05) is 17.9 Å². The smallest absolute Gasteiger partial charge is 0.239 e. The maximum Gasteiger partial charge on any atom is 0.239 e. The van der Waals surface area contributed by atoms with Crippen LogP contribution in [0, 0.1) is 12.7 Å². The van der Waals surface area contributed by atoms with Crippen molar-refractivity contribution < 1.29 is 9.18 Å². The number of aryl methyl sites for hydroxylation is 1. The quantitative estimate of drug-likeness (QED) is 0.631. The highest BCUT2D eigenvalue weighted by molar-refractivity contribution is 5.82. The van der Waals surface area contributed by atoms with E-state index in [1.165, 1.54) is 6.07 Å². The highest BCUT2D eigenvalue weighted by Gasteiger charge is 2.30. The number of likely N-dealkylation sites (tertiary alicyclic amines) is 1. The Kier molecular flexibility index (Phi) is 6.88. The van der Waals surface area contributed by atoms with Crippen molar-refractivity contribution >= 4 is 11.9 Å². The molecule has 2 fully saturated rings. The summed E-state index contributed by atoms with van der Waals surface area (Å²) in [5.41, 5.74) is 1.68. The first-order valence-corrected chi connectivity index (χ1v) is 10.2. The number of rotatable bonds is 4. The number of carbonyl (C=O) groups is 1. The van der Waals surface area contributed by atoms with Gasteiger partial charge < -0.3 is 15.1 Å². The van der Waals surface area contributed by atoms with Crippen molar-refractivity contribution in [1.82, 2.24) is 20.0 Å². The van der Waals surface area contributed by atoms with Gasteiger partial charge in [-0.1, -0.05) is 12.1 Å². The molecule has 154 valence electrons. The van der Waals surface area contributed by atoms with Gasteiger partial charge in [0.1, 0.15) is 5.82 Å². The Labute approximate surface area is 167 Å². The zero-order valence-corrected chi connectivity index (χ0v) is 17.2. The van der Waals surface area contributed by atoms with E-state index in [2.05, 4.69) is 20.1 Å². The fourth-order valence-corrected chi connectivity index (χ4v) is 4.01. The summed E-state index contributed by atoms with van der Waals surface area (Å²) in [5.74, 6) is 0.933. The molecule has 6 nitrogen and oxygen atoms in total. The van der Waals surface area contributed by atoms with E-state index in [0.29, 0.717) is 12.1 Å². The second-order valence-corrected chi connectivity index (χ2v) is 7.72. The topological polar surface area (TPSA) is 51.2 Å². The van der Waals surface area contributed by atoms with E-state index in [4.69, 9.17) is 0 Å². The summed E-state index contributed by atoms with van der Waals surface area (Å²) in [6, 6.07) is 5.11. The number of nitrogens with zero attached hydrogens (tertiary/aromatic N) is 4. The molecule has 2 aliphatic heterocycles. The lowest BCUT2D eigenvalue weighted by Crippen LogP contribution is -2.57. The first-order chi connectivity index (χ1) is 13.5. The van der Waals surface area contributed by atoms with Gasteiger partial charge in [-0.25, -0.2) is 4.39 Å². The van der Waals surface area contributed by atoms with Crippen LogP contribution in [0.4, 0.5) is 4.39 Å². The summed E-state index contributed by atoms with van der Waals surface area (Å²) >= 11 is 0. The third kappa shape index (κ3) is 4.82. The minimum absolute atomic E-state index is 0.0579. The van der Waals surface area contributed by atoms with E-state index in [0.717, 1.165) is 63.6 Å². The summed E-state index contributed by atoms with van der Waals surface area (Å²) in [5, 5.41) is 3.37. The Bertz CT molecular complexity index is 709. The summed E-state index contributed by atoms with van der Waals surface area (Å²) in [6.45, 7) is 9.58. The van der Waals surface area contributed by atoms with Crippen molar-refractivity contribution in [3.63, 3.8) is 0 Å². The molecule has 28 heavy (non-hydrogen) atoms. The lowest BCUT2D eigenvalue weighted by Gasteiger charge is -2.39. The third-order valence-electron chi connectivity index (χ3n) is 5.82. The summed E-state index contributed by atoms with van der Waals surface area (Å²) in [7, 11) is 1.78. The largest absolute Gasteiger partial charge is 0.352 e. The molecule has 0 radical (unpaired) electrons. The lowest BCUT2D eigenvalue weighted by atomic mass is 10.1. The summed E-state index contributed by atoms with van der Waals surface area (Å²) < 4.78 is 13.4. The number of hydrogen-bond acceptors (Lipinski definition) is 3. The van der Waals surface area contributed by atoms with E-state index in [1.54, 1.807) is 20.0 Å². The monoisotopic (exact) mass is 389 g/mol. The molecule has 3 rings (SSSR count). The van der Waals surface area contributed by atoms with Crippen molar-refractivity contribution in [3.05, 3.63) is 35.1 Å². The highest BCUT2D eigenvalue weighted by Crippen LogP contribution is 2.14. The van der Waals surface area contributed by atoms with Gasteiger partial charge in [0.05, 0.1) is 6.04 Å². The molecule has 0 bridgehead atoms. The maximum absolute atomic E-state index is 13.4. The number of halogens is 1. The van der Waals surface area contributed by atoms with Gasteiger partial charge in [-0.3, -0.25) is 14.7 Å². The molecule has 0 saturated carbocycles. The SMILES string of the molecule is CN=C(NCc1ccc(F)c(C)c1)N1CCN(C(C)C(=O)N2CCCC2)CC1. The van der Waals surface area contributed by atoms with E-state index in [9.17, 15) is 9.18 Å². The molecule has 1 aromatic carbocycles. The number of nitrogens with one attached hydrogen (secondary N) is 1. The van der Waals surface area contributed by atoms with Gasteiger partial charge in [-0.15, -0.1) is 0 Å². The standard InChI is InChI=1S/C21H32FN5O/c1-16-14-18(6-7-19(16)22)15-24-21(23-3)27-12-10-25(11-13-27)17(2)20(28)26-8-4-5-9-26/h6-7,14,17H,4-5,8-13,15H2,1-3H3,(H,23,24). The molecule has 1 atom stereocenters. The van der Waals surface area contributed by atoms with Gasteiger partial charge in [0.2, 0.25) is 5.91 Å². The number of piperazine rings is 1. The molecule has 0 aromatic heterocycles. The zero-order chi connectivity index (χ0) is 20.1. The molecular weight excluding hydrogens is 357 g/mol. The molecule has 2 saturated heterocycles. The number of guanidine groups is 1. The van der Waals surface area contributed by atoms with Crippen LogP contribution in [-0.4, -0.2) is 78.9 Å². The Morgan fingerprint density at radius 2 is 1.82 bits per heavy atom. The second kappa shape index (κ2) is 9.37.